The van der Waals surface area contributed by atoms with Gasteiger partial charge in [-0.05, 0) is 49.6 Å². The van der Waals surface area contributed by atoms with Crippen molar-refractivity contribution < 1.29 is 4.39 Å². The highest BCUT2D eigenvalue weighted by Crippen LogP contribution is 2.39. The fourth-order valence-electron chi connectivity index (χ4n) is 2.99. The van der Waals surface area contributed by atoms with Crippen molar-refractivity contribution in [3.8, 4) is 0 Å². The quantitative estimate of drug-likeness (QED) is 0.735. The van der Waals surface area contributed by atoms with E-state index in [2.05, 4.69) is 18.0 Å². The molecule has 1 aromatic carbocycles. The van der Waals surface area contributed by atoms with Crippen LogP contribution >= 0.6 is 11.6 Å². The number of hydrogen-bond donors (Lipinski definition) is 0. The Morgan fingerprint density at radius 1 is 1.35 bits per heavy atom. The first-order valence-corrected chi connectivity index (χ1v) is 6.41. The summed E-state index contributed by atoms with van der Waals surface area (Å²) < 4.78 is 13.0. The van der Waals surface area contributed by atoms with Gasteiger partial charge in [-0.1, -0.05) is 23.7 Å². The van der Waals surface area contributed by atoms with Crippen LogP contribution in [0.15, 0.2) is 24.3 Å². The fourth-order valence-corrected chi connectivity index (χ4v) is 3.28. The summed E-state index contributed by atoms with van der Waals surface area (Å²) in [6.07, 6.45) is 5.80. The second-order valence-electron chi connectivity index (χ2n) is 4.98. The summed E-state index contributed by atoms with van der Waals surface area (Å²) in [5.74, 6) is -0.268. The third kappa shape index (κ3) is 1.90. The summed E-state index contributed by atoms with van der Waals surface area (Å²) in [5, 5.41) is 0.528. The minimum absolute atomic E-state index is 0.268. The van der Waals surface area contributed by atoms with Crippen molar-refractivity contribution in [3.63, 3.8) is 0 Å². The molecule has 3 rings (SSSR count). The van der Waals surface area contributed by atoms with Gasteiger partial charge in [0.05, 0.1) is 5.02 Å². The standard InChI is InChI=1S/C14H15ClFN/c1-17-11-3-4-12(17)7-9(6-11)13-5-2-10(16)8-14(13)15/h2,5-6,8,11-12H,3-4,7H2,1H3. The Hall–Kier alpha value is -0.860. The number of fused-ring (bicyclic) bond motifs is 2. The number of nitrogens with zero attached hydrogens (tertiary/aromatic N) is 1. The molecule has 1 saturated heterocycles. The SMILES string of the molecule is CN1C2C=C(c3ccc(F)cc3Cl)CC1CC2. The monoisotopic (exact) mass is 251 g/mol. The molecule has 0 aromatic heterocycles. The van der Waals surface area contributed by atoms with Gasteiger partial charge in [0, 0.05) is 12.1 Å². The lowest BCUT2D eigenvalue weighted by atomic mass is 9.95. The second kappa shape index (κ2) is 4.11. The maximum absolute atomic E-state index is 13.0. The highest BCUT2D eigenvalue weighted by atomic mass is 35.5. The zero-order valence-electron chi connectivity index (χ0n) is 9.79. The van der Waals surface area contributed by atoms with Crippen LogP contribution in [-0.2, 0) is 0 Å². The molecule has 90 valence electrons. The lowest BCUT2D eigenvalue weighted by Crippen LogP contribution is -2.34. The Balaban J connectivity index is 1.98. The Morgan fingerprint density at radius 3 is 2.88 bits per heavy atom. The van der Waals surface area contributed by atoms with Gasteiger partial charge in [0.1, 0.15) is 5.82 Å². The molecule has 3 heteroatoms. The maximum Gasteiger partial charge on any atom is 0.124 e. The molecular formula is C14H15ClFN. The third-order valence-corrected chi connectivity index (χ3v) is 4.33. The van der Waals surface area contributed by atoms with E-state index in [4.69, 9.17) is 11.6 Å². The van der Waals surface area contributed by atoms with Crippen LogP contribution in [0.5, 0.6) is 0 Å². The zero-order valence-corrected chi connectivity index (χ0v) is 10.5. The molecule has 0 aliphatic carbocycles. The van der Waals surface area contributed by atoms with Crippen LogP contribution in [0.1, 0.15) is 24.8 Å². The van der Waals surface area contributed by atoms with Crippen LogP contribution in [0.25, 0.3) is 5.57 Å². The van der Waals surface area contributed by atoms with Crippen LogP contribution in [0.4, 0.5) is 4.39 Å². The predicted molar refractivity (Wildman–Crippen MR) is 68.6 cm³/mol. The van der Waals surface area contributed by atoms with E-state index in [-0.39, 0.29) is 5.82 Å². The van der Waals surface area contributed by atoms with Crippen molar-refractivity contribution in [2.24, 2.45) is 0 Å². The molecule has 1 nitrogen and oxygen atoms in total. The topological polar surface area (TPSA) is 3.24 Å². The Labute approximate surface area is 106 Å². The highest BCUT2D eigenvalue weighted by molar-refractivity contribution is 6.32. The lowest BCUT2D eigenvalue weighted by molar-refractivity contribution is 0.264. The van der Waals surface area contributed by atoms with Crippen LogP contribution < -0.4 is 0 Å². The molecule has 1 fully saturated rings. The molecule has 0 spiro atoms. The molecule has 0 radical (unpaired) electrons. The van der Waals surface area contributed by atoms with Gasteiger partial charge >= 0.3 is 0 Å². The largest absolute Gasteiger partial charge is 0.297 e. The van der Waals surface area contributed by atoms with Crippen molar-refractivity contribution in [2.45, 2.75) is 31.3 Å². The van der Waals surface area contributed by atoms with E-state index < -0.39 is 0 Å². The van der Waals surface area contributed by atoms with Crippen molar-refractivity contribution in [2.75, 3.05) is 7.05 Å². The lowest BCUT2D eigenvalue weighted by Gasteiger charge is -2.30. The summed E-state index contributed by atoms with van der Waals surface area (Å²) in [5.41, 5.74) is 2.28. The molecule has 2 aliphatic heterocycles. The summed E-state index contributed by atoms with van der Waals surface area (Å²) in [6, 6.07) is 5.85. The van der Waals surface area contributed by atoms with Gasteiger partial charge in [-0.2, -0.15) is 0 Å². The first-order valence-electron chi connectivity index (χ1n) is 6.03. The number of likely N-dealkylation sites (N-methyl/N-ethyl adjacent to an activating group) is 1. The molecule has 2 unspecified atom stereocenters. The maximum atomic E-state index is 13.0. The number of rotatable bonds is 1. The van der Waals surface area contributed by atoms with Crippen LogP contribution in [0.2, 0.25) is 5.02 Å². The molecule has 0 amide bonds. The van der Waals surface area contributed by atoms with E-state index in [1.807, 2.05) is 0 Å². The summed E-state index contributed by atoms with van der Waals surface area (Å²) in [7, 11) is 2.18. The van der Waals surface area contributed by atoms with Crippen molar-refractivity contribution in [1.29, 1.82) is 0 Å². The zero-order chi connectivity index (χ0) is 12.0. The number of halogens is 2. The van der Waals surface area contributed by atoms with Crippen LogP contribution in [0.3, 0.4) is 0 Å². The minimum Gasteiger partial charge on any atom is -0.297 e. The normalized spacial score (nSPS) is 28.3. The molecule has 17 heavy (non-hydrogen) atoms. The van der Waals surface area contributed by atoms with E-state index in [1.54, 1.807) is 6.07 Å². The predicted octanol–water partition coefficient (Wildman–Crippen LogP) is 3.73. The summed E-state index contributed by atoms with van der Waals surface area (Å²) >= 11 is 6.12. The van der Waals surface area contributed by atoms with E-state index in [1.165, 1.54) is 30.5 Å². The van der Waals surface area contributed by atoms with Crippen LogP contribution in [-0.4, -0.2) is 24.0 Å². The van der Waals surface area contributed by atoms with Crippen molar-refractivity contribution in [1.82, 2.24) is 4.90 Å². The Kier molecular flexibility index (Phi) is 2.72. The second-order valence-corrected chi connectivity index (χ2v) is 5.39. The average molecular weight is 252 g/mol. The van der Waals surface area contributed by atoms with E-state index in [0.717, 1.165) is 12.0 Å². The molecule has 1 aromatic rings. The molecule has 2 atom stereocenters. The Morgan fingerprint density at radius 2 is 2.18 bits per heavy atom. The van der Waals surface area contributed by atoms with Gasteiger partial charge in [0.15, 0.2) is 0 Å². The van der Waals surface area contributed by atoms with E-state index in [9.17, 15) is 4.39 Å². The third-order valence-electron chi connectivity index (χ3n) is 4.02. The minimum atomic E-state index is -0.268. The first-order chi connectivity index (χ1) is 8.15. The molecule has 2 heterocycles. The van der Waals surface area contributed by atoms with E-state index >= 15 is 0 Å². The van der Waals surface area contributed by atoms with Crippen molar-refractivity contribution in [3.05, 3.63) is 40.7 Å². The van der Waals surface area contributed by atoms with Gasteiger partial charge in [0.25, 0.3) is 0 Å². The molecule has 0 N–H and O–H groups in total. The molecule has 2 aliphatic rings. The van der Waals surface area contributed by atoms with Gasteiger partial charge in [-0.15, -0.1) is 0 Å². The van der Waals surface area contributed by atoms with Gasteiger partial charge in [-0.3, -0.25) is 4.90 Å². The molecule has 0 saturated carbocycles. The first kappa shape index (κ1) is 11.2. The van der Waals surface area contributed by atoms with Gasteiger partial charge in [-0.25, -0.2) is 4.39 Å². The van der Waals surface area contributed by atoms with Crippen LogP contribution in [0, 0.1) is 5.82 Å². The Bertz CT molecular complexity index is 483. The summed E-state index contributed by atoms with van der Waals surface area (Å²) in [6.45, 7) is 0. The van der Waals surface area contributed by atoms with E-state index in [0.29, 0.717) is 17.1 Å². The number of benzene rings is 1. The number of hydrogen-bond acceptors (Lipinski definition) is 1. The smallest absolute Gasteiger partial charge is 0.124 e. The van der Waals surface area contributed by atoms with Gasteiger partial charge < -0.3 is 0 Å². The molecular weight excluding hydrogens is 237 g/mol. The highest BCUT2D eigenvalue weighted by Gasteiger charge is 2.34. The molecule has 2 bridgehead atoms. The fraction of sp³-hybridized carbons (Fsp3) is 0.429. The summed E-state index contributed by atoms with van der Waals surface area (Å²) in [4.78, 5) is 2.43. The average Bonchev–Trinajstić information content (AvgIpc) is 2.52. The van der Waals surface area contributed by atoms with Gasteiger partial charge in [0.2, 0.25) is 0 Å². The van der Waals surface area contributed by atoms with Crippen molar-refractivity contribution >= 4 is 17.2 Å².